The lowest BCUT2D eigenvalue weighted by atomic mass is 10.2. The summed E-state index contributed by atoms with van der Waals surface area (Å²) in [5, 5.41) is 3.10. The number of nitrogens with zero attached hydrogens (tertiary/aromatic N) is 2. The molecule has 1 amide bonds. The first-order valence-electron chi connectivity index (χ1n) is 5.89. The minimum absolute atomic E-state index is 0.188. The van der Waals surface area contributed by atoms with Crippen molar-refractivity contribution >= 4 is 5.91 Å². The maximum atomic E-state index is 11.7. The molecule has 0 aromatic rings. The quantitative estimate of drug-likeness (QED) is 0.683. The Morgan fingerprint density at radius 3 is 3.00 bits per heavy atom. The number of hydrogen-bond donors (Lipinski definition) is 1. The highest BCUT2D eigenvalue weighted by Crippen LogP contribution is 2.04. The molecule has 94 valence electrons. The number of carbonyl (C=O) groups excluding carboxylic acids is 1. The van der Waals surface area contributed by atoms with Crippen LogP contribution in [0.4, 0.5) is 0 Å². The third-order valence-corrected chi connectivity index (χ3v) is 2.91. The van der Waals surface area contributed by atoms with Crippen LogP contribution < -0.4 is 5.32 Å². The van der Waals surface area contributed by atoms with Crippen molar-refractivity contribution in [2.24, 2.45) is 0 Å². The van der Waals surface area contributed by atoms with Crippen LogP contribution in [0.1, 0.15) is 6.92 Å². The Labute approximate surface area is 97.7 Å². The van der Waals surface area contributed by atoms with Crippen molar-refractivity contribution in [3.05, 3.63) is 0 Å². The van der Waals surface area contributed by atoms with E-state index in [1.165, 1.54) is 0 Å². The van der Waals surface area contributed by atoms with Crippen molar-refractivity contribution in [3.8, 4) is 0 Å². The molecule has 1 aliphatic rings. The maximum absolute atomic E-state index is 11.7. The van der Waals surface area contributed by atoms with E-state index in [1.807, 2.05) is 21.0 Å². The van der Waals surface area contributed by atoms with Crippen molar-refractivity contribution in [1.82, 2.24) is 15.1 Å². The lowest BCUT2D eigenvalue weighted by molar-refractivity contribution is -0.132. The fourth-order valence-electron chi connectivity index (χ4n) is 1.76. The van der Waals surface area contributed by atoms with E-state index >= 15 is 0 Å². The van der Waals surface area contributed by atoms with Gasteiger partial charge in [-0.05, 0) is 14.0 Å². The largest absolute Gasteiger partial charge is 0.374 e. The Kier molecular flexibility index (Phi) is 5.73. The van der Waals surface area contributed by atoms with Gasteiger partial charge in [0.05, 0.1) is 19.3 Å². The Bertz CT molecular complexity index is 221. The molecule has 1 fully saturated rings. The van der Waals surface area contributed by atoms with E-state index in [4.69, 9.17) is 4.74 Å². The van der Waals surface area contributed by atoms with Crippen LogP contribution in [-0.2, 0) is 9.53 Å². The summed E-state index contributed by atoms with van der Waals surface area (Å²) in [6.07, 6.45) is 0.207. The number of nitrogens with one attached hydrogen (secondary N) is 1. The molecule has 5 heteroatoms. The van der Waals surface area contributed by atoms with Gasteiger partial charge in [-0.2, -0.15) is 0 Å². The molecule has 1 aliphatic heterocycles. The zero-order valence-electron chi connectivity index (χ0n) is 10.5. The van der Waals surface area contributed by atoms with E-state index in [-0.39, 0.29) is 12.0 Å². The van der Waals surface area contributed by atoms with Crippen LogP contribution in [0.25, 0.3) is 0 Å². The van der Waals surface area contributed by atoms with Crippen LogP contribution in [0.15, 0.2) is 0 Å². The number of amides is 1. The van der Waals surface area contributed by atoms with E-state index in [0.29, 0.717) is 6.54 Å². The molecule has 0 radical (unpaired) electrons. The van der Waals surface area contributed by atoms with Crippen LogP contribution in [0, 0.1) is 0 Å². The first-order chi connectivity index (χ1) is 7.67. The van der Waals surface area contributed by atoms with Crippen LogP contribution in [0.2, 0.25) is 0 Å². The van der Waals surface area contributed by atoms with Crippen LogP contribution in [0.5, 0.6) is 0 Å². The summed E-state index contributed by atoms with van der Waals surface area (Å²) in [5.41, 5.74) is 0. The molecule has 1 atom stereocenters. The van der Waals surface area contributed by atoms with Gasteiger partial charge < -0.3 is 15.0 Å². The smallest absolute Gasteiger partial charge is 0.236 e. The number of carbonyl (C=O) groups is 1. The van der Waals surface area contributed by atoms with Crippen molar-refractivity contribution in [1.29, 1.82) is 0 Å². The lowest BCUT2D eigenvalue weighted by Crippen LogP contribution is -2.49. The van der Waals surface area contributed by atoms with Gasteiger partial charge >= 0.3 is 0 Å². The third kappa shape index (κ3) is 4.08. The van der Waals surface area contributed by atoms with E-state index in [0.717, 1.165) is 32.8 Å². The van der Waals surface area contributed by atoms with E-state index in [1.54, 1.807) is 4.90 Å². The predicted octanol–water partition coefficient (Wildman–Crippen LogP) is -0.615. The van der Waals surface area contributed by atoms with Gasteiger partial charge in [-0.1, -0.05) is 0 Å². The highest BCUT2D eigenvalue weighted by Gasteiger charge is 2.22. The molecule has 0 aromatic heterocycles. The Balaban J connectivity index is 2.33. The molecule has 1 N–H and O–H groups in total. The average Bonchev–Trinajstić information content (AvgIpc) is 2.29. The molecule has 0 bridgehead atoms. The molecule has 1 unspecified atom stereocenters. The zero-order chi connectivity index (χ0) is 12.0. The molecule has 0 aliphatic carbocycles. The summed E-state index contributed by atoms with van der Waals surface area (Å²) in [5.74, 6) is 0.188. The number of likely N-dealkylation sites (N-methyl/N-ethyl adjacent to an activating group) is 2. The second-order valence-electron chi connectivity index (χ2n) is 4.19. The van der Waals surface area contributed by atoms with E-state index in [2.05, 4.69) is 10.2 Å². The molecule has 1 rings (SSSR count). The summed E-state index contributed by atoms with van der Waals surface area (Å²) >= 11 is 0. The molecule has 1 saturated heterocycles. The van der Waals surface area contributed by atoms with E-state index in [9.17, 15) is 4.79 Å². The molecule has 16 heavy (non-hydrogen) atoms. The minimum Gasteiger partial charge on any atom is -0.374 e. The van der Waals surface area contributed by atoms with Crippen LogP contribution >= 0.6 is 0 Å². The Morgan fingerprint density at radius 1 is 1.62 bits per heavy atom. The van der Waals surface area contributed by atoms with Gasteiger partial charge in [0, 0.05) is 33.2 Å². The normalized spacial score (nSPS) is 22.1. The fourth-order valence-corrected chi connectivity index (χ4v) is 1.76. The van der Waals surface area contributed by atoms with Gasteiger partial charge in [0.1, 0.15) is 0 Å². The zero-order valence-corrected chi connectivity index (χ0v) is 10.5. The highest BCUT2D eigenvalue weighted by atomic mass is 16.5. The number of morpholine rings is 1. The standard InChI is InChI=1S/C11H23N3O2/c1-4-13(3)11(15)9-14-5-6-16-10(8-14)7-12-2/h10,12H,4-9H2,1-3H3. The maximum Gasteiger partial charge on any atom is 0.236 e. The summed E-state index contributed by atoms with van der Waals surface area (Å²) in [6, 6.07) is 0. The summed E-state index contributed by atoms with van der Waals surface area (Å²) in [6.45, 7) is 6.51. The minimum atomic E-state index is 0.188. The van der Waals surface area contributed by atoms with Gasteiger partial charge in [0.2, 0.25) is 5.91 Å². The molecule has 1 heterocycles. The second kappa shape index (κ2) is 6.83. The van der Waals surface area contributed by atoms with Crippen molar-refractivity contribution < 1.29 is 9.53 Å². The molecular formula is C11H23N3O2. The van der Waals surface area contributed by atoms with Gasteiger partial charge in [-0.3, -0.25) is 9.69 Å². The monoisotopic (exact) mass is 229 g/mol. The van der Waals surface area contributed by atoms with Crippen LogP contribution in [0.3, 0.4) is 0 Å². The molecule has 0 spiro atoms. The van der Waals surface area contributed by atoms with Crippen LogP contribution in [-0.4, -0.2) is 75.2 Å². The van der Waals surface area contributed by atoms with E-state index < -0.39 is 0 Å². The number of ether oxygens (including phenoxy) is 1. The lowest BCUT2D eigenvalue weighted by Gasteiger charge is -2.33. The topological polar surface area (TPSA) is 44.8 Å². The Morgan fingerprint density at radius 2 is 2.38 bits per heavy atom. The molecular weight excluding hydrogens is 206 g/mol. The molecule has 0 aromatic carbocycles. The van der Waals surface area contributed by atoms with Gasteiger partial charge in [0.25, 0.3) is 0 Å². The van der Waals surface area contributed by atoms with Crippen molar-refractivity contribution in [2.75, 3.05) is 53.4 Å². The van der Waals surface area contributed by atoms with Gasteiger partial charge in [-0.25, -0.2) is 0 Å². The fraction of sp³-hybridized carbons (Fsp3) is 0.909. The average molecular weight is 229 g/mol. The first kappa shape index (κ1) is 13.4. The van der Waals surface area contributed by atoms with Gasteiger partial charge in [-0.15, -0.1) is 0 Å². The van der Waals surface area contributed by atoms with Gasteiger partial charge in [0.15, 0.2) is 0 Å². The molecule has 0 saturated carbocycles. The summed E-state index contributed by atoms with van der Waals surface area (Å²) in [7, 11) is 3.76. The summed E-state index contributed by atoms with van der Waals surface area (Å²) < 4.78 is 5.59. The number of hydrogen-bond acceptors (Lipinski definition) is 4. The molecule has 5 nitrogen and oxygen atoms in total. The SMILES string of the molecule is CCN(C)C(=O)CN1CCOC(CNC)C1. The second-order valence-corrected chi connectivity index (χ2v) is 4.19. The highest BCUT2D eigenvalue weighted by molar-refractivity contribution is 5.77. The third-order valence-electron chi connectivity index (χ3n) is 2.91. The van der Waals surface area contributed by atoms with Crippen molar-refractivity contribution in [2.45, 2.75) is 13.0 Å². The first-order valence-corrected chi connectivity index (χ1v) is 5.89. The number of rotatable bonds is 5. The Hall–Kier alpha value is -0.650. The summed E-state index contributed by atoms with van der Waals surface area (Å²) in [4.78, 5) is 15.7. The predicted molar refractivity (Wildman–Crippen MR) is 63.4 cm³/mol. The van der Waals surface area contributed by atoms with Crippen molar-refractivity contribution in [3.63, 3.8) is 0 Å².